The van der Waals surface area contributed by atoms with E-state index in [1.165, 1.54) is 0 Å². The summed E-state index contributed by atoms with van der Waals surface area (Å²) in [4.78, 5) is 0. The minimum Gasteiger partial charge on any atom is -0.390 e. The third-order valence-corrected chi connectivity index (χ3v) is 3.33. The lowest BCUT2D eigenvalue weighted by molar-refractivity contribution is -0.153. The molecule has 0 amide bonds. The van der Waals surface area contributed by atoms with Gasteiger partial charge in [-0.2, -0.15) is 0 Å². The molecular weight excluding hydrogens is 172 g/mol. The minimum absolute atomic E-state index is 0.0547. The molecule has 3 saturated heterocycles. The summed E-state index contributed by atoms with van der Waals surface area (Å²) in [6.07, 6.45) is 0.629. The molecule has 3 fully saturated rings. The lowest BCUT2D eigenvalue weighted by Crippen LogP contribution is -2.43. The van der Waals surface area contributed by atoms with Gasteiger partial charge in [0.15, 0.2) is 6.29 Å². The zero-order valence-electron chi connectivity index (χ0n) is 7.39. The molecule has 3 aliphatic heterocycles. The summed E-state index contributed by atoms with van der Waals surface area (Å²) < 4.78 is 16.3. The fourth-order valence-corrected chi connectivity index (χ4v) is 2.73. The van der Waals surface area contributed by atoms with Gasteiger partial charge in [0.1, 0.15) is 0 Å². The molecule has 4 nitrogen and oxygen atoms in total. The molecule has 0 aliphatic carbocycles. The Balaban J connectivity index is 1.83. The van der Waals surface area contributed by atoms with Crippen LogP contribution in [0.1, 0.15) is 6.42 Å². The minimum atomic E-state index is -0.365. The largest absolute Gasteiger partial charge is 0.390 e. The molecule has 4 heteroatoms. The van der Waals surface area contributed by atoms with Gasteiger partial charge in [0, 0.05) is 11.8 Å². The first-order valence-corrected chi connectivity index (χ1v) is 4.89. The van der Waals surface area contributed by atoms with Gasteiger partial charge in [-0.3, -0.25) is 0 Å². The van der Waals surface area contributed by atoms with Crippen LogP contribution in [0, 0.1) is 11.8 Å². The second kappa shape index (κ2) is 2.92. The van der Waals surface area contributed by atoms with E-state index in [1.807, 2.05) is 0 Å². The number of aliphatic hydroxyl groups is 1. The molecule has 13 heavy (non-hydrogen) atoms. The van der Waals surface area contributed by atoms with Gasteiger partial charge in [-0.15, -0.1) is 0 Å². The maximum atomic E-state index is 9.77. The van der Waals surface area contributed by atoms with Crippen LogP contribution in [0.15, 0.2) is 0 Å². The van der Waals surface area contributed by atoms with Gasteiger partial charge in [0.25, 0.3) is 0 Å². The Hall–Kier alpha value is -0.160. The maximum Gasteiger partial charge on any atom is 0.161 e. The molecule has 0 aromatic rings. The van der Waals surface area contributed by atoms with E-state index in [9.17, 15) is 5.11 Å². The van der Waals surface area contributed by atoms with Crippen molar-refractivity contribution in [2.24, 2.45) is 11.8 Å². The van der Waals surface area contributed by atoms with Crippen LogP contribution in [0.3, 0.4) is 0 Å². The van der Waals surface area contributed by atoms with Gasteiger partial charge in [-0.25, -0.2) is 0 Å². The highest BCUT2D eigenvalue weighted by Crippen LogP contribution is 2.43. The fraction of sp³-hybridized carbons (Fsp3) is 1.00. The van der Waals surface area contributed by atoms with Crippen molar-refractivity contribution in [1.29, 1.82) is 0 Å². The summed E-state index contributed by atoms with van der Waals surface area (Å²) in [7, 11) is 0. The Labute approximate surface area is 76.8 Å². The lowest BCUT2D eigenvalue weighted by atomic mass is 9.83. The van der Waals surface area contributed by atoms with Gasteiger partial charge in [0.05, 0.1) is 32.0 Å². The van der Waals surface area contributed by atoms with Crippen LogP contribution < -0.4 is 0 Å². The fourth-order valence-electron chi connectivity index (χ4n) is 2.73. The molecule has 0 spiro atoms. The lowest BCUT2D eigenvalue weighted by Gasteiger charge is -2.31. The van der Waals surface area contributed by atoms with Crippen LogP contribution in [0.25, 0.3) is 0 Å². The van der Waals surface area contributed by atoms with Crippen molar-refractivity contribution in [3.8, 4) is 0 Å². The van der Waals surface area contributed by atoms with Crippen molar-refractivity contribution in [2.45, 2.75) is 24.9 Å². The van der Waals surface area contributed by atoms with Crippen LogP contribution in [-0.2, 0) is 14.2 Å². The highest BCUT2D eigenvalue weighted by molar-refractivity contribution is 4.95. The first-order valence-electron chi connectivity index (χ1n) is 4.89. The van der Waals surface area contributed by atoms with Crippen molar-refractivity contribution < 1.29 is 19.3 Å². The number of aliphatic hydroxyl groups excluding tert-OH is 1. The quantitative estimate of drug-likeness (QED) is 0.567. The number of rotatable bonds is 0. The van der Waals surface area contributed by atoms with Crippen LogP contribution in [0.5, 0.6) is 0 Å². The van der Waals surface area contributed by atoms with E-state index in [1.54, 1.807) is 0 Å². The van der Waals surface area contributed by atoms with E-state index < -0.39 is 0 Å². The van der Waals surface area contributed by atoms with Crippen LogP contribution in [0.2, 0.25) is 0 Å². The average Bonchev–Trinajstić information content (AvgIpc) is 2.62. The van der Waals surface area contributed by atoms with E-state index in [4.69, 9.17) is 14.2 Å². The molecule has 3 aliphatic rings. The Bertz CT molecular complexity index is 208. The van der Waals surface area contributed by atoms with Crippen molar-refractivity contribution in [3.05, 3.63) is 0 Å². The summed E-state index contributed by atoms with van der Waals surface area (Å²) in [6, 6.07) is 0. The molecular formula is C9H14O4. The van der Waals surface area contributed by atoms with E-state index in [-0.39, 0.29) is 24.4 Å². The third kappa shape index (κ3) is 1.13. The molecule has 0 bridgehead atoms. The molecule has 0 aromatic carbocycles. The summed E-state index contributed by atoms with van der Waals surface area (Å²) in [5.41, 5.74) is 0. The Morgan fingerprint density at radius 1 is 1.23 bits per heavy atom. The molecule has 5 atom stereocenters. The van der Waals surface area contributed by atoms with Crippen LogP contribution in [0.4, 0.5) is 0 Å². The molecule has 0 saturated carbocycles. The highest BCUT2D eigenvalue weighted by atomic mass is 16.7. The smallest absolute Gasteiger partial charge is 0.161 e. The van der Waals surface area contributed by atoms with Gasteiger partial charge in [0.2, 0.25) is 0 Å². The summed E-state index contributed by atoms with van der Waals surface area (Å²) in [5, 5.41) is 9.77. The standard InChI is InChI=1S/C9H14O4/c10-6-3-11-4-7-8(6)5-1-2-12-9(5)13-7/h5-10H,1-4H2. The van der Waals surface area contributed by atoms with Crippen molar-refractivity contribution in [3.63, 3.8) is 0 Å². The second-order valence-electron chi connectivity index (χ2n) is 4.05. The number of fused-ring (bicyclic) bond motifs is 3. The topological polar surface area (TPSA) is 47.9 Å². The summed E-state index contributed by atoms with van der Waals surface area (Å²) in [6.45, 7) is 1.83. The van der Waals surface area contributed by atoms with E-state index >= 15 is 0 Å². The van der Waals surface area contributed by atoms with Gasteiger partial charge >= 0.3 is 0 Å². The third-order valence-electron chi connectivity index (χ3n) is 3.33. The van der Waals surface area contributed by atoms with E-state index in [0.717, 1.165) is 13.0 Å². The summed E-state index contributed by atoms with van der Waals surface area (Å²) >= 11 is 0. The average molecular weight is 186 g/mol. The molecule has 3 rings (SSSR count). The van der Waals surface area contributed by atoms with Crippen LogP contribution >= 0.6 is 0 Å². The summed E-state index contributed by atoms with van der Waals surface area (Å²) in [5.74, 6) is 0.630. The first-order chi connectivity index (χ1) is 6.36. The second-order valence-corrected chi connectivity index (χ2v) is 4.05. The predicted octanol–water partition coefficient (Wildman–Crippen LogP) is -0.245. The Morgan fingerprint density at radius 3 is 3.08 bits per heavy atom. The van der Waals surface area contributed by atoms with Crippen molar-refractivity contribution in [1.82, 2.24) is 0 Å². The molecule has 3 heterocycles. The highest BCUT2D eigenvalue weighted by Gasteiger charge is 2.52. The van der Waals surface area contributed by atoms with Gasteiger partial charge in [-0.05, 0) is 6.42 Å². The number of ether oxygens (including phenoxy) is 3. The zero-order chi connectivity index (χ0) is 8.84. The Kier molecular flexibility index (Phi) is 1.83. The van der Waals surface area contributed by atoms with E-state index in [2.05, 4.69) is 0 Å². The van der Waals surface area contributed by atoms with Gasteiger partial charge in [-0.1, -0.05) is 0 Å². The van der Waals surface area contributed by atoms with E-state index in [0.29, 0.717) is 19.1 Å². The molecule has 0 aromatic heterocycles. The monoisotopic (exact) mass is 186 g/mol. The normalized spacial score (nSPS) is 54.7. The number of hydrogen-bond donors (Lipinski definition) is 1. The Morgan fingerprint density at radius 2 is 2.15 bits per heavy atom. The van der Waals surface area contributed by atoms with Gasteiger partial charge < -0.3 is 19.3 Å². The molecule has 0 radical (unpaired) electrons. The SMILES string of the molecule is OC1COCC2OC3OCCC3C12. The van der Waals surface area contributed by atoms with Crippen molar-refractivity contribution in [2.75, 3.05) is 19.8 Å². The molecule has 74 valence electrons. The van der Waals surface area contributed by atoms with Crippen molar-refractivity contribution >= 4 is 0 Å². The number of hydrogen-bond acceptors (Lipinski definition) is 4. The maximum absolute atomic E-state index is 9.77. The predicted molar refractivity (Wildman–Crippen MR) is 43.0 cm³/mol. The first kappa shape index (κ1) is 8.17. The molecule has 5 unspecified atom stereocenters. The molecule has 1 N–H and O–H groups in total. The zero-order valence-corrected chi connectivity index (χ0v) is 7.39. The van der Waals surface area contributed by atoms with Crippen LogP contribution in [-0.4, -0.2) is 43.4 Å².